The van der Waals surface area contributed by atoms with Gasteiger partial charge in [0.05, 0.1) is 17.3 Å². The number of hydrogen-bond donors (Lipinski definition) is 3. The van der Waals surface area contributed by atoms with E-state index in [1.807, 2.05) is 0 Å². The predicted octanol–water partition coefficient (Wildman–Crippen LogP) is 1.19. The highest BCUT2D eigenvalue weighted by Crippen LogP contribution is 2.24. The number of rotatable bonds is 5. The van der Waals surface area contributed by atoms with Crippen molar-refractivity contribution >= 4 is 28.9 Å². The summed E-state index contributed by atoms with van der Waals surface area (Å²) < 4.78 is 0. The smallest absolute Gasteiger partial charge is 0.267 e. The number of nitrogens with two attached hydrogens (primary N) is 1. The first-order valence-electron chi connectivity index (χ1n) is 5.77. The fraction of sp³-hybridized carbons (Fsp3) is 0.231. The molecule has 7 heteroatoms. The molecule has 0 fully saturated rings. The number of nitrogens with zero attached hydrogens (tertiary/aromatic N) is 2. The second-order valence-corrected chi connectivity index (χ2v) is 4.46. The minimum atomic E-state index is -0.580. The van der Waals surface area contributed by atoms with Crippen molar-refractivity contribution in [1.82, 2.24) is 4.90 Å². The highest BCUT2D eigenvalue weighted by molar-refractivity contribution is 6.34. The Balaban J connectivity index is 2.85. The van der Waals surface area contributed by atoms with Crippen molar-refractivity contribution in [3.63, 3.8) is 0 Å². The minimum absolute atomic E-state index is 0.0723. The summed E-state index contributed by atoms with van der Waals surface area (Å²) in [6.45, 7) is 0.248. The molecule has 0 heterocycles. The van der Waals surface area contributed by atoms with Gasteiger partial charge in [-0.25, -0.2) is 0 Å². The second-order valence-electron chi connectivity index (χ2n) is 4.05. The number of nitrogen functional groups attached to an aromatic ring is 1. The Morgan fingerprint density at radius 2 is 2.35 bits per heavy atom. The molecule has 106 valence electrons. The van der Waals surface area contributed by atoms with Crippen molar-refractivity contribution in [2.45, 2.75) is 0 Å². The lowest BCUT2D eigenvalue weighted by Crippen LogP contribution is -2.20. The number of carbonyl (C=O) groups excluding carboxylic acids is 1. The molecule has 20 heavy (non-hydrogen) atoms. The first kappa shape index (κ1) is 15.8. The van der Waals surface area contributed by atoms with E-state index >= 15 is 0 Å². The summed E-state index contributed by atoms with van der Waals surface area (Å²) >= 11 is 5.94. The average molecular weight is 295 g/mol. The predicted molar refractivity (Wildman–Crippen MR) is 77.9 cm³/mol. The van der Waals surface area contributed by atoms with Crippen LogP contribution in [0.1, 0.15) is 0 Å². The number of likely N-dealkylation sites (N-methyl/N-ethyl adjacent to an activating group) is 1. The lowest BCUT2D eigenvalue weighted by molar-refractivity contribution is -0.112. The molecule has 0 aromatic heterocycles. The summed E-state index contributed by atoms with van der Waals surface area (Å²) in [5.41, 5.74) is 6.31. The van der Waals surface area contributed by atoms with Crippen LogP contribution < -0.4 is 11.1 Å². The molecule has 0 aliphatic carbocycles. The molecule has 0 aliphatic heterocycles. The zero-order chi connectivity index (χ0) is 15.1. The van der Waals surface area contributed by atoms with Gasteiger partial charge in [0.1, 0.15) is 11.6 Å². The first-order valence-corrected chi connectivity index (χ1v) is 6.15. The standard InChI is InChI=1S/C13H15ClN4O2/c1-18(4-5-19)8-9(7-15)13(20)17-12-3-2-10(16)6-11(12)14/h2-3,6,8,19H,4-5,16H2,1H3,(H,17,20)/b9-8-. The summed E-state index contributed by atoms with van der Waals surface area (Å²) in [4.78, 5) is 13.5. The third kappa shape index (κ3) is 4.46. The van der Waals surface area contributed by atoms with Gasteiger partial charge in [-0.15, -0.1) is 0 Å². The number of carbonyl (C=O) groups is 1. The Hall–Kier alpha value is -2.23. The number of benzene rings is 1. The van der Waals surface area contributed by atoms with E-state index in [1.165, 1.54) is 12.3 Å². The second kappa shape index (κ2) is 7.38. The van der Waals surface area contributed by atoms with Crippen LogP contribution in [0.4, 0.5) is 11.4 Å². The SMILES string of the molecule is CN(/C=C(/C#N)C(=O)Nc1ccc(N)cc1Cl)CCO. The fourth-order valence-electron chi connectivity index (χ4n) is 1.40. The van der Waals surface area contributed by atoms with E-state index in [0.29, 0.717) is 22.9 Å². The van der Waals surface area contributed by atoms with E-state index < -0.39 is 5.91 Å². The number of aliphatic hydroxyl groups is 1. The number of anilines is 2. The van der Waals surface area contributed by atoms with Crippen LogP contribution in [0, 0.1) is 11.3 Å². The summed E-state index contributed by atoms with van der Waals surface area (Å²) in [5, 5.41) is 20.6. The van der Waals surface area contributed by atoms with Gasteiger partial charge >= 0.3 is 0 Å². The van der Waals surface area contributed by atoms with Gasteiger partial charge in [0, 0.05) is 25.5 Å². The Morgan fingerprint density at radius 3 is 2.90 bits per heavy atom. The zero-order valence-electron chi connectivity index (χ0n) is 10.9. The van der Waals surface area contributed by atoms with Crippen LogP contribution >= 0.6 is 11.6 Å². The maximum absolute atomic E-state index is 11.9. The Kier molecular flexibility index (Phi) is 5.84. The number of nitriles is 1. The van der Waals surface area contributed by atoms with Crippen molar-refractivity contribution in [2.75, 3.05) is 31.2 Å². The van der Waals surface area contributed by atoms with E-state index in [2.05, 4.69) is 5.32 Å². The molecule has 1 aromatic carbocycles. The third-order valence-corrected chi connectivity index (χ3v) is 2.72. The number of hydrogen-bond acceptors (Lipinski definition) is 5. The van der Waals surface area contributed by atoms with E-state index in [-0.39, 0.29) is 12.2 Å². The van der Waals surface area contributed by atoms with Gasteiger partial charge < -0.3 is 21.1 Å². The fourth-order valence-corrected chi connectivity index (χ4v) is 1.64. The lowest BCUT2D eigenvalue weighted by Gasteiger charge is -2.13. The van der Waals surface area contributed by atoms with E-state index in [0.717, 1.165) is 0 Å². The van der Waals surface area contributed by atoms with E-state index in [1.54, 1.807) is 30.1 Å². The average Bonchev–Trinajstić information content (AvgIpc) is 2.39. The highest BCUT2D eigenvalue weighted by atomic mass is 35.5. The molecule has 0 radical (unpaired) electrons. The lowest BCUT2D eigenvalue weighted by atomic mass is 10.2. The topological polar surface area (TPSA) is 102 Å². The van der Waals surface area contributed by atoms with Crippen LogP contribution in [0.15, 0.2) is 30.0 Å². The van der Waals surface area contributed by atoms with Crippen molar-refractivity contribution in [2.24, 2.45) is 0 Å². The summed E-state index contributed by atoms with van der Waals surface area (Å²) in [5.74, 6) is -0.580. The van der Waals surface area contributed by atoms with E-state index in [4.69, 9.17) is 27.7 Å². The Bertz CT molecular complexity index is 566. The number of aliphatic hydroxyl groups excluding tert-OH is 1. The highest BCUT2D eigenvalue weighted by Gasteiger charge is 2.12. The molecule has 4 N–H and O–H groups in total. The Morgan fingerprint density at radius 1 is 1.65 bits per heavy atom. The molecule has 0 aliphatic rings. The molecular formula is C13H15ClN4O2. The molecule has 0 bridgehead atoms. The van der Waals surface area contributed by atoms with Crippen LogP contribution in [0.25, 0.3) is 0 Å². The summed E-state index contributed by atoms with van der Waals surface area (Å²) in [7, 11) is 1.65. The van der Waals surface area contributed by atoms with Gasteiger partial charge in [-0.05, 0) is 18.2 Å². The number of halogens is 1. The van der Waals surface area contributed by atoms with Crippen molar-refractivity contribution in [3.05, 3.63) is 35.0 Å². The maximum atomic E-state index is 11.9. The van der Waals surface area contributed by atoms with Crippen LogP contribution in [-0.4, -0.2) is 36.1 Å². The molecule has 0 unspecified atom stereocenters. The van der Waals surface area contributed by atoms with Gasteiger partial charge in [0.15, 0.2) is 0 Å². The molecule has 0 saturated carbocycles. The monoisotopic (exact) mass is 294 g/mol. The first-order chi connectivity index (χ1) is 9.47. The van der Waals surface area contributed by atoms with Crippen molar-refractivity contribution < 1.29 is 9.90 Å². The molecule has 0 spiro atoms. The third-order valence-electron chi connectivity index (χ3n) is 2.41. The van der Waals surface area contributed by atoms with Crippen LogP contribution in [0.5, 0.6) is 0 Å². The molecule has 0 atom stereocenters. The van der Waals surface area contributed by atoms with Gasteiger partial charge in [-0.1, -0.05) is 11.6 Å². The molecule has 1 aromatic rings. The summed E-state index contributed by atoms with van der Waals surface area (Å²) in [6.07, 6.45) is 1.36. The van der Waals surface area contributed by atoms with Gasteiger partial charge in [0.2, 0.25) is 0 Å². The number of nitrogens with one attached hydrogen (secondary N) is 1. The van der Waals surface area contributed by atoms with Gasteiger partial charge in [-0.3, -0.25) is 4.79 Å². The van der Waals surface area contributed by atoms with Crippen molar-refractivity contribution in [3.8, 4) is 6.07 Å². The van der Waals surface area contributed by atoms with Crippen LogP contribution in [0.2, 0.25) is 5.02 Å². The zero-order valence-corrected chi connectivity index (χ0v) is 11.7. The Labute approximate surface area is 122 Å². The van der Waals surface area contributed by atoms with Crippen LogP contribution in [-0.2, 0) is 4.79 Å². The molecule has 6 nitrogen and oxygen atoms in total. The minimum Gasteiger partial charge on any atom is -0.399 e. The van der Waals surface area contributed by atoms with Gasteiger partial charge in [-0.2, -0.15) is 5.26 Å². The molecular weight excluding hydrogens is 280 g/mol. The normalized spacial score (nSPS) is 10.8. The molecule has 1 rings (SSSR count). The van der Waals surface area contributed by atoms with E-state index in [9.17, 15) is 4.79 Å². The number of amides is 1. The molecule has 0 saturated heterocycles. The summed E-state index contributed by atoms with van der Waals surface area (Å²) in [6, 6.07) is 6.45. The molecule has 1 amide bonds. The maximum Gasteiger partial charge on any atom is 0.267 e. The van der Waals surface area contributed by atoms with Gasteiger partial charge in [0.25, 0.3) is 5.91 Å². The largest absolute Gasteiger partial charge is 0.399 e. The van der Waals surface area contributed by atoms with Crippen molar-refractivity contribution in [1.29, 1.82) is 5.26 Å². The quantitative estimate of drug-likeness (QED) is 0.430. The van der Waals surface area contributed by atoms with Crippen LogP contribution in [0.3, 0.4) is 0 Å².